The number of hydrogen-bond acceptors (Lipinski definition) is 5. The van der Waals surface area contributed by atoms with Gasteiger partial charge in [-0.15, -0.1) is 0 Å². The van der Waals surface area contributed by atoms with Crippen LogP contribution < -0.4 is 5.69 Å². The Hall–Kier alpha value is -2.57. The van der Waals surface area contributed by atoms with E-state index in [1.54, 1.807) is 30.3 Å². The van der Waals surface area contributed by atoms with Gasteiger partial charge in [-0.25, -0.2) is 19.7 Å². The highest BCUT2D eigenvalue weighted by Crippen LogP contribution is 2.25. The summed E-state index contributed by atoms with van der Waals surface area (Å²) in [7, 11) is 0. The number of H-pyrrole nitrogens is 1. The van der Waals surface area contributed by atoms with Crippen LogP contribution in [0.4, 0.5) is 0 Å². The summed E-state index contributed by atoms with van der Waals surface area (Å²) in [6.07, 6.45) is 6.45. The van der Waals surface area contributed by atoms with E-state index in [-0.39, 0.29) is 17.5 Å². The molecule has 0 radical (unpaired) electrons. The Kier molecular flexibility index (Phi) is 3.95. The molecule has 0 unspecified atom stereocenters. The van der Waals surface area contributed by atoms with E-state index in [0.29, 0.717) is 24.5 Å². The van der Waals surface area contributed by atoms with Crippen molar-refractivity contribution >= 4 is 5.91 Å². The minimum atomic E-state index is -0.354. The van der Waals surface area contributed by atoms with Crippen LogP contribution in [0.25, 0.3) is 0 Å². The molecule has 114 valence electrons. The van der Waals surface area contributed by atoms with Gasteiger partial charge in [0.15, 0.2) is 0 Å². The van der Waals surface area contributed by atoms with Crippen molar-refractivity contribution in [1.82, 2.24) is 24.8 Å². The van der Waals surface area contributed by atoms with Crippen LogP contribution in [-0.4, -0.2) is 43.8 Å². The van der Waals surface area contributed by atoms with E-state index in [2.05, 4.69) is 19.9 Å². The maximum atomic E-state index is 12.5. The molecule has 1 atom stereocenters. The molecule has 2 aromatic rings. The summed E-state index contributed by atoms with van der Waals surface area (Å²) in [6.45, 7) is 3.07. The van der Waals surface area contributed by atoms with Gasteiger partial charge in [-0.05, 0) is 25.8 Å². The lowest BCUT2D eigenvalue weighted by molar-refractivity contribution is 0.0705. The van der Waals surface area contributed by atoms with E-state index in [0.717, 1.165) is 18.5 Å². The first kappa shape index (κ1) is 14.4. The molecule has 1 aliphatic rings. The van der Waals surface area contributed by atoms with Crippen molar-refractivity contribution in [2.75, 3.05) is 13.1 Å². The van der Waals surface area contributed by atoms with E-state index in [1.807, 2.05) is 0 Å². The predicted molar refractivity (Wildman–Crippen MR) is 79.5 cm³/mol. The molecule has 0 aromatic carbocycles. The van der Waals surface area contributed by atoms with Crippen molar-refractivity contribution in [2.24, 2.45) is 0 Å². The molecule has 1 saturated heterocycles. The van der Waals surface area contributed by atoms with Gasteiger partial charge in [0.2, 0.25) is 0 Å². The van der Waals surface area contributed by atoms with E-state index >= 15 is 0 Å². The molecule has 1 amide bonds. The van der Waals surface area contributed by atoms with Gasteiger partial charge < -0.3 is 9.88 Å². The van der Waals surface area contributed by atoms with Crippen molar-refractivity contribution < 1.29 is 4.79 Å². The van der Waals surface area contributed by atoms with Gasteiger partial charge in [0.1, 0.15) is 5.82 Å². The topological polar surface area (TPSA) is 91.8 Å². The van der Waals surface area contributed by atoms with E-state index in [1.165, 1.54) is 6.20 Å². The molecule has 7 heteroatoms. The lowest BCUT2D eigenvalue weighted by Crippen LogP contribution is -2.39. The molecule has 7 nitrogen and oxygen atoms in total. The molecule has 3 rings (SSSR count). The first-order valence-electron chi connectivity index (χ1n) is 7.26. The number of rotatable bonds is 2. The third-order valence-electron chi connectivity index (χ3n) is 3.87. The smallest absolute Gasteiger partial charge is 0.338 e. The van der Waals surface area contributed by atoms with Gasteiger partial charge in [0.05, 0.1) is 5.56 Å². The lowest BCUT2D eigenvalue weighted by atomic mass is 9.94. The second-order valence-electron chi connectivity index (χ2n) is 5.44. The van der Waals surface area contributed by atoms with E-state index < -0.39 is 0 Å². The third kappa shape index (κ3) is 3.03. The maximum absolute atomic E-state index is 12.5. The fourth-order valence-electron chi connectivity index (χ4n) is 2.72. The third-order valence-corrected chi connectivity index (χ3v) is 3.87. The largest absolute Gasteiger partial charge is 0.345 e. The van der Waals surface area contributed by atoms with Crippen molar-refractivity contribution in [2.45, 2.75) is 25.7 Å². The fourth-order valence-corrected chi connectivity index (χ4v) is 2.72. The normalized spacial score (nSPS) is 18.2. The summed E-state index contributed by atoms with van der Waals surface area (Å²) < 4.78 is 0. The summed E-state index contributed by atoms with van der Waals surface area (Å²) >= 11 is 0. The number of amides is 1. The monoisotopic (exact) mass is 299 g/mol. The molecular formula is C15H17N5O2. The molecule has 0 saturated carbocycles. The summed E-state index contributed by atoms with van der Waals surface area (Å²) in [5, 5.41) is 0. The van der Waals surface area contributed by atoms with E-state index in [9.17, 15) is 9.59 Å². The number of carbonyl (C=O) groups is 1. The molecule has 0 aliphatic carbocycles. The molecule has 2 aromatic heterocycles. The number of aromatic nitrogens is 4. The van der Waals surface area contributed by atoms with Gasteiger partial charge >= 0.3 is 5.69 Å². The van der Waals surface area contributed by atoms with Crippen LogP contribution in [0.5, 0.6) is 0 Å². The van der Waals surface area contributed by atoms with Crippen LogP contribution in [-0.2, 0) is 0 Å². The van der Waals surface area contributed by atoms with Gasteiger partial charge in [-0.3, -0.25) is 4.79 Å². The average molecular weight is 299 g/mol. The SMILES string of the molecule is Cc1ncc(C(=O)N2CCC[C@H](c3ccnc(=O)[nH]3)C2)cn1. The number of aryl methyl sites for hydroxylation is 1. The Morgan fingerprint density at radius 2 is 2.09 bits per heavy atom. The first-order chi connectivity index (χ1) is 10.6. The summed E-state index contributed by atoms with van der Waals surface area (Å²) in [5.41, 5.74) is 0.972. The summed E-state index contributed by atoms with van der Waals surface area (Å²) in [5.74, 6) is 0.698. The summed E-state index contributed by atoms with van der Waals surface area (Å²) in [6, 6.07) is 1.80. The van der Waals surface area contributed by atoms with Gasteiger partial charge in [-0.1, -0.05) is 0 Å². The number of nitrogens with one attached hydrogen (secondary N) is 1. The zero-order chi connectivity index (χ0) is 15.5. The molecule has 1 fully saturated rings. The highest BCUT2D eigenvalue weighted by molar-refractivity contribution is 5.93. The predicted octanol–water partition coefficient (Wildman–Crippen LogP) is 0.888. The molecule has 22 heavy (non-hydrogen) atoms. The quantitative estimate of drug-likeness (QED) is 0.889. The molecule has 3 heterocycles. The number of hydrogen-bond donors (Lipinski definition) is 1. The average Bonchev–Trinajstić information content (AvgIpc) is 2.55. The number of nitrogens with zero attached hydrogens (tertiary/aromatic N) is 4. The molecule has 1 aliphatic heterocycles. The van der Waals surface area contributed by atoms with Crippen LogP contribution in [0.3, 0.4) is 0 Å². The molecular weight excluding hydrogens is 282 g/mol. The van der Waals surface area contributed by atoms with Crippen LogP contribution in [0.15, 0.2) is 29.5 Å². The van der Waals surface area contributed by atoms with Crippen molar-refractivity contribution in [3.05, 3.63) is 52.2 Å². The number of aromatic amines is 1. The number of likely N-dealkylation sites (tertiary alicyclic amines) is 1. The van der Waals surface area contributed by atoms with Gasteiger partial charge in [0.25, 0.3) is 5.91 Å². The van der Waals surface area contributed by atoms with E-state index in [4.69, 9.17) is 0 Å². The Balaban J connectivity index is 1.76. The lowest BCUT2D eigenvalue weighted by Gasteiger charge is -2.32. The minimum absolute atomic E-state index is 0.0684. The second-order valence-corrected chi connectivity index (χ2v) is 5.44. The summed E-state index contributed by atoms with van der Waals surface area (Å²) in [4.78, 5) is 40.2. The Labute approximate surface area is 127 Å². The van der Waals surface area contributed by atoms with Crippen LogP contribution in [0, 0.1) is 6.92 Å². The molecule has 1 N–H and O–H groups in total. The van der Waals surface area contributed by atoms with Crippen LogP contribution in [0.1, 0.15) is 40.6 Å². The van der Waals surface area contributed by atoms with Crippen molar-refractivity contribution in [1.29, 1.82) is 0 Å². The molecule has 0 bridgehead atoms. The Bertz CT molecular complexity index is 725. The van der Waals surface area contributed by atoms with Crippen LogP contribution >= 0.6 is 0 Å². The highest BCUT2D eigenvalue weighted by Gasteiger charge is 2.26. The first-order valence-corrected chi connectivity index (χ1v) is 7.26. The zero-order valence-electron chi connectivity index (χ0n) is 12.3. The number of piperidine rings is 1. The molecule has 0 spiro atoms. The van der Waals surface area contributed by atoms with Crippen molar-refractivity contribution in [3.63, 3.8) is 0 Å². The maximum Gasteiger partial charge on any atom is 0.345 e. The van der Waals surface area contributed by atoms with Crippen molar-refractivity contribution in [3.8, 4) is 0 Å². The van der Waals surface area contributed by atoms with Gasteiger partial charge in [0, 0.05) is 43.3 Å². The Morgan fingerprint density at radius 3 is 2.82 bits per heavy atom. The zero-order valence-corrected chi connectivity index (χ0v) is 12.3. The van der Waals surface area contributed by atoms with Crippen LogP contribution in [0.2, 0.25) is 0 Å². The highest BCUT2D eigenvalue weighted by atomic mass is 16.2. The second kappa shape index (κ2) is 6.05. The Morgan fingerprint density at radius 1 is 1.32 bits per heavy atom. The fraction of sp³-hybridized carbons (Fsp3) is 0.400. The standard InChI is InChI=1S/C15H17N5O2/c1-10-17-7-12(8-18-10)14(21)20-6-2-3-11(9-20)13-4-5-16-15(22)19-13/h4-5,7-8,11H,2-3,6,9H2,1H3,(H,16,19,22)/t11-/m0/s1. The minimum Gasteiger partial charge on any atom is -0.338 e. The number of carbonyl (C=O) groups excluding carboxylic acids is 1. The van der Waals surface area contributed by atoms with Gasteiger partial charge in [-0.2, -0.15) is 0 Å².